The van der Waals surface area contributed by atoms with E-state index in [0.29, 0.717) is 5.75 Å². The van der Waals surface area contributed by atoms with Gasteiger partial charge in [0.25, 0.3) is 0 Å². The molecule has 0 bridgehead atoms. The predicted octanol–water partition coefficient (Wildman–Crippen LogP) is 0.736. The van der Waals surface area contributed by atoms with Crippen molar-refractivity contribution in [2.75, 3.05) is 24.3 Å². The second-order valence-electron chi connectivity index (χ2n) is 7.94. The molecule has 1 aromatic rings. The maximum Gasteiger partial charge on any atom is 0.326 e. The molecule has 3 amide bonds. The number of amides is 3. The van der Waals surface area contributed by atoms with Gasteiger partial charge in [0, 0.05) is 12.3 Å². The monoisotopic (exact) mass is 498 g/mol. The fourth-order valence-electron chi connectivity index (χ4n) is 2.98. The largest absolute Gasteiger partial charge is 0.480 e. The Bertz CT molecular complexity index is 794. The van der Waals surface area contributed by atoms with Gasteiger partial charge in [-0.25, -0.2) is 4.79 Å². The van der Waals surface area contributed by atoms with Gasteiger partial charge >= 0.3 is 5.97 Å². The molecule has 0 spiro atoms. The predicted molar refractivity (Wildman–Crippen MR) is 133 cm³/mol. The van der Waals surface area contributed by atoms with Crippen molar-refractivity contribution in [3.63, 3.8) is 0 Å². The van der Waals surface area contributed by atoms with Crippen molar-refractivity contribution < 1.29 is 24.3 Å². The minimum Gasteiger partial charge on any atom is -0.480 e. The molecule has 0 aliphatic carbocycles. The summed E-state index contributed by atoms with van der Waals surface area (Å²) in [5.41, 5.74) is 6.52. The Kier molecular flexibility index (Phi) is 12.9. The Morgan fingerprint density at radius 1 is 1.15 bits per heavy atom. The molecule has 0 aliphatic rings. The van der Waals surface area contributed by atoms with Gasteiger partial charge in [0.1, 0.15) is 12.1 Å². The second kappa shape index (κ2) is 14.8. The number of nitrogens with one attached hydrogen (secondary N) is 2. The van der Waals surface area contributed by atoms with Crippen LogP contribution in [0, 0.1) is 5.92 Å². The molecule has 0 heterocycles. The minimum absolute atomic E-state index is 0.118. The summed E-state index contributed by atoms with van der Waals surface area (Å²) in [6.45, 7) is 3.32. The summed E-state index contributed by atoms with van der Waals surface area (Å²) < 4.78 is 0. The smallest absolute Gasteiger partial charge is 0.326 e. The Labute approximate surface area is 204 Å². The maximum absolute atomic E-state index is 13.4. The number of hydrogen-bond acceptors (Lipinski definition) is 7. The molecule has 3 atom stereocenters. The van der Waals surface area contributed by atoms with Gasteiger partial charge in [-0.05, 0) is 29.9 Å². The van der Waals surface area contributed by atoms with Crippen molar-refractivity contribution in [2.24, 2.45) is 11.7 Å². The van der Waals surface area contributed by atoms with Crippen molar-refractivity contribution in [1.29, 1.82) is 0 Å². The van der Waals surface area contributed by atoms with Crippen LogP contribution in [0.15, 0.2) is 30.3 Å². The van der Waals surface area contributed by atoms with Gasteiger partial charge in [-0.2, -0.15) is 24.4 Å². The highest BCUT2D eigenvalue weighted by Gasteiger charge is 2.31. The third-order valence-corrected chi connectivity index (χ3v) is 5.91. The van der Waals surface area contributed by atoms with E-state index in [4.69, 9.17) is 5.73 Å². The van der Waals surface area contributed by atoms with Gasteiger partial charge < -0.3 is 26.4 Å². The van der Waals surface area contributed by atoms with E-state index in [2.05, 4.69) is 23.3 Å². The number of thioether (sulfide) groups is 1. The maximum atomic E-state index is 13.4. The number of carboxylic acids is 1. The van der Waals surface area contributed by atoms with E-state index in [9.17, 15) is 24.3 Å². The lowest BCUT2D eigenvalue weighted by atomic mass is 10.0. The summed E-state index contributed by atoms with van der Waals surface area (Å²) in [6.07, 6.45) is 2.11. The van der Waals surface area contributed by atoms with E-state index in [1.165, 1.54) is 16.7 Å². The molecule has 1 rings (SSSR count). The first kappa shape index (κ1) is 28.8. The fourth-order valence-corrected chi connectivity index (χ4v) is 3.61. The van der Waals surface area contributed by atoms with Crippen LogP contribution in [0.4, 0.5) is 0 Å². The zero-order chi connectivity index (χ0) is 25.0. The van der Waals surface area contributed by atoms with Crippen LogP contribution in [0.1, 0.15) is 25.8 Å². The van der Waals surface area contributed by atoms with E-state index in [0.717, 1.165) is 5.56 Å². The lowest BCUT2D eigenvalue weighted by Crippen LogP contribution is -2.56. The van der Waals surface area contributed by atoms with Crippen LogP contribution in [-0.4, -0.2) is 76.1 Å². The normalized spacial score (nSPS) is 13.6. The van der Waals surface area contributed by atoms with Crippen LogP contribution < -0.4 is 16.4 Å². The van der Waals surface area contributed by atoms with Crippen LogP contribution in [-0.2, 0) is 25.7 Å². The summed E-state index contributed by atoms with van der Waals surface area (Å²) in [7, 11) is 0. The highest BCUT2D eigenvalue weighted by molar-refractivity contribution is 7.98. The van der Waals surface area contributed by atoms with Gasteiger partial charge in [-0.1, -0.05) is 44.2 Å². The van der Waals surface area contributed by atoms with E-state index < -0.39 is 41.8 Å². The molecular weight excluding hydrogens is 464 g/mol. The molecule has 0 radical (unpaired) electrons. The van der Waals surface area contributed by atoms with Crippen LogP contribution in [0.3, 0.4) is 0 Å². The van der Waals surface area contributed by atoms with Crippen molar-refractivity contribution in [3.8, 4) is 0 Å². The SMILES string of the molecule is CSCC[C@H](NC(=O)CN(Cc1ccccc1)C(=O)[C@@H](NC(=O)[C@@H](N)CS)C(C)C)C(=O)O. The molecule has 0 saturated carbocycles. The van der Waals surface area contributed by atoms with Crippen LogP contribution in [0.25, 0.3) is 0 Å². The van der Waals surface area contributed by atoms with Crippen molar-refractivity contribution >= 4 is 48.1 Å². The average Bonchev–Trinajstić information content (AvgIpc) is 2.78. The summed E-state index contributed by atoms with van der Waals surface area (Å²) in [4.78, 5) is 51.2. The molecule has 9 nitrogen and oxygen atoms in total. The van der Waals surface area contributed by atoms with Gasteiger partial charge in [-0.15, -0.1) is 0 Å². The third kappa shape index (κ3) is 10.1. The molecule has 184 valence electrons. The number of carbonyl (C=O) groups is 4. The molecule has 5 N–H and O–H groups in total. The van der Waals surface area contributed by atoms with Crippen LogP contribution in [0.2, 0.25) is 0 Å². The number of rotatable bonds is 14. The van der Waals surface area contributed by atoms with Gasteiger partial charge in [0.05, 0.1) is 12.6 Å². The molecular formula is C22H34N4O5S2. The highest BCUT2D eigenvalue weighted by atomic mass is 32.2. The summed E-state index contributed by atoms with van der Waals surface area (Å²) in [6, 6.07) is 6.26. The first-order valence-electron chi connectivity index (χ1n) is 10.6. The number of carbonyl (C=O) groups excluding carboxylic acids is 3. The number of nitrogens with zero attached hydrogens (tertiary/aromatic N) is 1. The lowest BCUT2D eigenvalue weighted by molar-refractivity contribution is -0.144. The molecule has 0 unspecified atom stereocenters. The van der Waals surface area contributed by atoms with Gasteiger partial charge in [0.2, 0.25) is 17.7 Å². The average molecular weight is 499 g/mol. The Morgan fingerprint density at radius 3 is 2.30 bits per heavy atom. The lowest BCUT2D eigenvalue weighted by Gasteiger charge is -2.30. The molecule has 0 saturated heterocycles. The van der Waals surface area contributed by atoms with E-state index in [1.54, 1.807) is 13.8 Å². The third-order valence-electron chi connectivity index (χ3n) is 4.87. The van der Waals surface area contributed by atoms with Crippen LogP contribution in [0.5, 0.6) is 0 Å². The zero-order valence-corrected chi connectivity index (χ0v) is 20.9. The molecule has 11 heteroatoms. The minimum atomic E-state index is -1.13. The summed E-state index contributed by atoms with van der Waals surface area (Å²) in [5, 5.41) is 14.5. The Morgan fingerprint density at radius 2 is 1.79 bits per heavy atom. The van der Waals surface area contributed by atoms with Gasteiger partial charge in [-0.3, -0.25) is 14.4 Å². The zero-order valence-electron chi connectivity index (χ0n) is 19.2. The number of nitrogens with two attached hydrogens (primary N) is 1. The highest BCUT2D eigenvalue weighted by Crippen LogP contribution is 2.12. The summed E-state index contributed by atoms with van der Waals surface area (Å²) in [5.74, 6) is -2.28. The topological polar surface area (TPSA) is 142 Å². The van der Waals surface area contributed by atoms with E-state index in [-0.39, 0.29) is 31.2 Å². The number of carboxylic acid groups (broad SMARTS) is 1. The van der Waals surface area contributed by atoms with Crippen LogP contribution >= 0.6 is 24.4 Å². The van der Waals surface area contributed by atoms with Gasteiger partial charge in [0.15, 0.2) is 0 Å². The quantitative estimate of drug-likeness (QED) is 0.238. The first-order valence-corrected chi connectivity index (χ1v) is 12.6. The van der Waals surface area contributed by atoms with Crippen molar-refractivity contribution in [1.82, 2.24) is 15.5 Å². The number of thiol groups is 1. The van der Waals surface area contributed by atoms with E-state index >= 15 is 0 Å². The Balaban J connectivity index is 3.08. The molecule has 33 heavy (non-hydrogen) atoms. The van der Waals surface area contributed by atoms with Crippen molar-refractivity contribution in [2.45, 2.75) is 44.9 Å². The number of hydrogen-bond donors (Lipinski definition) is 5. The second-order valence-corrected chi connectivity index (χ2v) is 9.29. The van der Waals surface area contributed by atoms with Crippen molar-refractivity contribution in [3.05, 3.63) is 35.9 Å². The molecule has 0 fully saturated rings. The molecule has 0 aromatic heterocycles. The Hall–Kier alpha value is -2.24. The fraction of sp³-hybridized carbons (Fsp3) is 0.545. The first-order chi connectivity index (χ1) is 15.6. The number of aliphatic carboxylic acids is 1. The standard InChI is InChI=1S/C22H34N4O5S2/c1-14(2)19(25-20(28)16(23)13-32)21(29)26(11-15-7-5-4-6-8-15)12-18(27)24-17(22(30)31)9-10-33-3/h4-8,14,16-17,19,32H,9-13,23H2,1-3H3,(H,24,27)(H,25,28)(H,30,31)/t16-,17-,19-/m0/s1. The molecule has 1 aromatic carbocycles. The molecule has 0 aliphatic heterocycles. The summed E-state index contributed by atoms with van der Waals surface area (Å²) >= 11 is 5.50. The number of benzene rings is 1. The van der Waals surface area contributed by atoms with E-state index in [1.807, 2.05) is 36.6 Å².